The fourth-order valence-corrected chi connectivity index (χ4v) is 1.16. The van der Waals surface area contributed by atoms with Gasteiger partial charge in [-0.1, -0.05) is 30.3 Å². The van der Waals surface area contributed by atoms with Crippen LogP contribution in [0, 0.1) is 0 Å². The second-order valence-corrected chi connectivity index (χ2v) is 3.78. The molecule has 3 N–H and O–H groups in total. The van der Waals surface area contributed by atoms with E-state index < -0.39 is 24.1 Å². The predicted molar refractivity (Wildman–Crippen MR) is 69.2 cm³/mol. The standard InChI is InChI=1S/C12H15NO5.ClH/c1-8(14)11(15)17-18-12(16)10(13)7-9-5-3-2-4-6-9;/h2-6,8,10,14H,7,13H2,1H3;1H. The molecular weight excluding hydrogens is 274 g/mol. The zero-order chi connectivity index (χ0) is 13.5. The van der Waals surface area contributed by atoms with Crippen LogP contribution in [0.2, 0.25) is 0 Å². The van der Waals surface area contributed by atoms with Crippen LogP contribution in [-0.2, 0) is 25.8 Å². The van der Waals surface area contributed by atoms with E-state index in [2.05, 4.69) is 9.78 Å². The Balaban J connectivity index is 0.00000324. The van der Waals surface area contributed by atoms with Crippen LogP contribution < -0.4 is 5.73 Å². The van der Waals surface area contributed by atoms with Crippen molar-refractivity contribution in [2.45, 2.75) is 25.5 Å². The fourth-order valence-electron chi connectivity index (χ4n) is 1.16. The summed E-state index contributed by atoms with van der Waals surface area (Å²) >= 11 is 0. The number of carbonyl (C=O) groups excluding carboxylic acids is 2. The van der Waals surface area contributed by atoms with Gasteiger partial charge in [-0.05, 0) is 18.9 Å². The second kappa shape index (κ2) is 8.47. The van der Waals surface area contributed by atoms with Gasteiger partial charge in [0.15, 0.2) is 6.10 Å². The van der Waals surface area contributed by atoms with E-state index in [0.29, 0.717) is 0 Å². The van der Waals surface area contributed by atoms with Crippen LogP contribution in [0.3, 0.4) is 0 Å². The number of benzene rings is 1. The first-order chi connectivity index (χ1) is 8.50. The zero-order valence-corrected chi connectivity index (χ0v) is 11.1. The summed E-state index contributed by atoms with van der Waals surface area (Å²) in [5.41, 5.74) is 6.45. The van der Waals surface area contributed by atoms with Crippen molar-refractivity contribution >= 4 is 24.3 Å². The van der Waals surface area contributed by atoms with E-state index in [0.717, 1.165) is 5.56 Å². The lowest BCUT2D eigenvalue weighted by atomic mass is 10.1. The SMILES string of the molecule is CC(O)C(=O)OOC(=O)C(N)Cc1ccccc1.Cl. The van der Waals surface area contributed by atoms with Gasteiger partial charge in [0.25, 0.3) is 0 Å². The third kappa shape index (κ3) is 6.19. The average molecular weight is 290 g/mol. The average Bonchev–Trinajstić information content (AvgIpc) is 2.36. The molecule has 0 heterocycles. The van der Waals surface area contributed by atoms with Crippen molar-refractivity contribution in [1.82, 2.24) is 0 Å². The topological polar surface area (TPSA) is 98.9 Å². The van der Waals surface area contributed by atoms with Crippen molar-refractivity contribution < 1.29 is 24.5 Å². The van der Waals surface area contributed by atoms with Gasteiger partial charge in [0.2, 0.25) is 0 Å². The van der Waals surface area contributed by atoms with Crippen LogP contribution in [0.4, 0.5) is 0 Å². The fraction of sp³-hybridized carbons (Fsp3) is 0.333. The quantitative estimate of drug-likeness (QED) is 0.613. The molecule has 6 nitrogen and oxygen atoms in total. The minimum atomic E-state index is -1.36. The summed E-state index contributed by atoms with van der Waals surface area (Å²) in [6.45, 7) is 1.19. The minimum absolute atomic E-state index is 0. The molecular formula is C12H16ClNO5. The van der Waals surface area contributed by atoms with Crippen molar-refractivity contribution in [3.05, 3.63) is 35.9 Å². The Labute approximate surface area is 116 Å². The van der Waals surface area contributed by atoms with Gasteiger partial charge >= 0.3 is 11.9 Å². The predicted octanol–water partition coefficient (Wildman–Crippen LogP) is 0.360. The van der Waals surface area contributed by atoms with Crippen molar-refractivity contribution in [1.29, 1.82) is 0 Å². The number of aliphatic hydroxyl groups excluding tert-OH is 1. The molecule has 1 aromatic carbocycles. The summed E-state index contributed by atoms with van der Waals surface area (Å²) in [6, 6.07) is 8.18. The molecule has 0 radical (unpaired) electrons. The van der Waals surface area contributed by atoms with Gasteiger partial charge < -0.3 is 10.8 Å². The number of aliphatic hydroxyl groups is 1. The van der Waals surface area contributed by atoms with Crippen molar-refractivity contribution in [3.63, 3.8) is 0 Å². The highest BCUT2D eigenvalue weighted by molar-refractivity contribution is 5.85. The van der Waals surface area contributed by atoms with Gasteiger partial charge in [0, 0.05) is 0 Å². The maximum Gasteiger partial charge on any atom is 0.383 e. The smallest absolute Gasteiger partial charge is 0.382 e. The maximum atomic E-state index is 11.4. The second-order valence-electron chi connectivity index (χ2n) is 3.78. The summed E-state index contributed by atoms with van der Waals surface area (Å²) in [5.74, 6) is -1.91. The van der Waals surface area contributed by atoms with Gasteiger partial charge in [-0.15, -0.1) is 12.4 Å². The Morgan fingerprint density at radius 3 is 2.26 bits per heavy atom. The lowest BCUT2D eigenvalue weighted by molar-refractivity contribution is -0.264. The minimum Gasteiger partial charge on any atom is -0.382 e. The molecule has 1 aromatic rings. The first-order valence-corrected chi connectivity index (χ1v) is 5.40. The van der Waals surface area contributed by atoms with Gasteiger partial charge in [-0.3, -0.25) is 0 Å². The van der Waals surface area contributed by atoms with Crippen LogP contribution in [0.25, 0.3) is 0 Å². The highest BCUT2D eigenvalue weighted by Crippen LogP contribution is 2.03. The molecule has 2 atom stereocenters. The van der Waals surface area contributed by atoms with E-state index in [4.69, 9.17) is 10.8 Å². The molecule has 106 valence electrons. The Bertz CT molecular complexity index is 410. The van der Waals surface area contributed by atoms with Crippen molar-refractivity contribution in [2.75, 3.05) is 0 Å². The van der Waals surface area contributed by atoms with E-state index >= 15 is 0 Å². The normalized spacial score (nSPS) is 12.8. The summed E-state index contributed by atoms with van der Waals surface area (Å²) in [6.07, 6.45) is -1.09. The lowest BCUT2D eigenvalue weighted by Gasteiger charge is -2.10. The summed E-state index contributed by atoms with van der Waals surface area (Å²) < 4.78 is 0. The number of hydrogen-bond acceptors (Lipinski definition) is 6. The monoisotopic (exact) mass is 289 g/mol. The summed E-state index contributed by atoms with van der Waals surface area (Å²) in [5, 5.41) is 8.81. The molecule has 0 saturated carbocycles. The van der Waals surface area contributed by atoms with Crippen LogP contribution in [-0.4, -0.2) is 29.2 Å². The number of halogens is 1. The highest BCUT2D eigenvalue weighted by atomic mass is 35.5. The summed E-state index contributed by atoms with van der Waals surface area (Å²) in [4.78, 5) is 30.5. The van der Waals surface area contributed by atoms with Crippen molar-refractivity contribution in [2.24, 2.45) is 5.73 Å². The molecule has 19 heavy (non-hydrogen) atoms. The summed E-state index contributed by atoms with van der Waals surface area (Å²) in [7, 11) is 0. The molecule has 7 heteroatoms. The van der Waals surface area contributed by atoms with Crippen LogP contribution in [0.5, 0.6) is 0 Å². The van der Waals surface area contributed by atoms with E-state index in [9.17, 15) is 9.59 Å². The molecule has 2 unspecified atom stereocenters. The molecule has 0 bridgehead atoms. The maximum absolute atomic E-state index is 11.4. The molecule has 0 aliphatic heterocycles. The third-order valence-corrected chi connectivity index (χ3v) is 2.15. The van der Waals surface area contributed by atoms with E-state index in [1.54, 1.807) is 0 Å². The van der Waals surface area contributed by atoms with Crippen LogP contribution in [0.1, 0.15) is 12.5 Å². The van der Waals surface area contributed by atoms with E-state index in [1.807, 2.05) is 30.3 Å². The van der Waals surface area contributed by atoms with Gasteiger partial charge in [0.05, 0.1) is 0 Å². The number of hydrogen-bond donors (Lipinski definition) is 2. The third-order valence-electron chi connectivity index (χ3n) is 2.15. The molecule has 0 saturated heterocycles. The number of carbonyl (C=O) groups is 2. The van der Waals surface area contributed by atoms with Crippen LogP contribution in [0.15, 0.2) is 30.3 Å². The molecule has 0 aliphatic carbocycles. The Morgan fingerprint density at radius 2 is 1.74 bits per heavy atom. The number of rotatable bonds is 4. The lowest BCUT2D eigenvalue weighted by Crippen LogP contribution is -2.35. The van der Waals surface area contributed by atoms with Crippen LogP contribution >= 0.6 is 12.4 Å². The molecule has 0 spiro atoms. The molecule has 1 rings (SSSR count). The molecule has 0 fully saturated rings. The van der Waals surface area contributed by atoms with Gasteiger partial charge in [-0.2, -0.15) is 0 Å². The largest absolute Gasteiger partial charge is 0.383 e. The van der Waals surface area contributed by atoms with Gasteiger partial charge in [0.1, 0.15) is 6.04 Å². The zero-order valence-electron chi connectivity index (χ0n) is 10.3. The Morgan fingerprint density at radius 1 is 1.21 bits per heavy atom. The first kappa shape index (κ1) is 17.4. The van der Waals surface area contributed by atoms with E-state index in [-0.39, 0.29) is 18.8 Å². The molecule has 0 amide bonds. The first-order valence-electron chi connectivity index (χ1n) is 5.40. The van der Waals surface area contributed by atoms with Gasteiger partial charge in [-0.25, -0.2) is 19.4 Å². The Hall–Kier alpha value is -1.63. The van der Waals surface area contributed by atoms with Crippen molar-refractivity contribution in [3.8, 4) is 0 Å². The molecule has 0 aliphatic rings. The number of nitrogens with two attached hydrogens (primary N) is 1. The molecule has 0 aromatic heterocycles. The van der Waals surface area contributed by atoms with E-state index in [1.165, 1.54) is 6.92 Å². The highest BCUT2D eigenvalue weighted by Gasteiger charge is 2.20. The Kier molecular flexibility index (Phi) is 7.74.